The molecule has 4 N–H and O–H groups in total. The molecule has 1 heterocycles. The molecule has 1 saturated heterocycles. The van der Waals surface area contributed by atoms with Crippen molar-refractivity contribution in [3.63, 3.8) is 0 Å². The Hall–Kier alpha value is -1.14. The van der Waals surface area contributed by atoms with Gasteiger partial charge in [-0.1, -0.05) is 6.08 Å². The molecule has 0 bridgehead atoms. The molecule has 0 aromatic rings. The van der Waals surface area contributed by atoms with E-state index in [-0.39, 0.29) is 0 Å². The molecule has 0 unspecified atom stereocenters. The van der Waals surface area contributed by atoms with Crippen LogP contribution in [-0.4, -0.2) is 48.5 Å². The molecule has 84 valence electrons. The molecule has 0 radical (unpaired) electrons. The lowest BCUT2D eigenvalue weighted by Crippen LogP contribution is -2.50. The van der Waals surface area contributed by atoms with Crippen LogP contribution in [-0.2, 0) is 4.74 Å². The molecular weight excluding hydrogens is 212 g/mol. The first-order valence-corrected chi connectivity index (χ1v) is 5.25. The Kier molecular flexibility index (Phi) is 5.06. The van der Waals surface area contributed by atoms with Crippen molar-refractivity contribution in [1.29, 1.82) is 0 Å². The van der Waals surface area contributed by atoms with Crippen molar-refractivity contribution in [2.45, 2.75) is 0 Å². The molecule has 0 atom stereocenters. The predicted octanol–water partition coefficient (Wildman–Crippen LogP) is -1.01. The van der Waals surface area contributed by atoms with Crippen LogP contribution >= 0.6 is 12.2 Å². The van der Waals surface area contributed by atoms with Crippen LogP contribution in [0, 0.1) is 0 Å². The van der Waals surface area contributed by atoms with Crippen LogP contribution < -0.4 is 16.4 Å². The van der Waals surface area contributed by atoms with E-state index in [1.54, 1.807) is 6.08 Å². The van der Waals surface area contributed by atoms with Crippen molar-refractivity contribution in [3.05, 3.63) is 12.7 Å². The molecule has 0 amide bonds. The van der Waals surface area contributed by atoms with Gasteiger partial charge < -0.3 is 10.1 Å². The van der Waals surface area contributed by atoms with Gasteiger partial charge in [0.2, 0.25) is 5.11 Å². The Morgan fingerprint density at radius 3 is 2.80 bits per heavy atom. The number of ether oxygens (including phenoxy) is 1. The molecule has 0 aromatic carbocycles. The number of nitrogens with two attached hydrogens (primary N) is 1. The molecule has 1 rings (SSSR count). The summed E-state index contributed by atoms with van der Waals surface area (Å²) in [6.45, 7) is 7.21. The van der Waals surface area contributed by atoms with Crippen LogP contribution in [0.15, 0.2) is 12.7 Å². The van der Waals surface area contributed by atoms with Crippen molar-refractivity contribution in [2.75, 3.05) is 32.8 Å². The Morgan fingerprint density at radius 2 is 2.20 bits per heavy atom. The van der Waals surface area contributed by atoms with E-state index in [0.29, 0.717) is 30.8 Å². The second kappa shape index (κ2) is 6.36. The van der Waals surface area contributed by atoms with Gasteiger partial charge in [-0.3, -0.25) is 10.3 Å². The fourth-order valence-corrected chi connectivity index (χ4v) is 1.40. The minimum atomic E-state index is 0.513. The van der Waals surface area contributed by atoms with E-state index >= 15 is 0 Å². The zero-order valence-corrected chi connectivity index (χ0v) is 9.48. The summed E-state index contributed by atoms with van der Waals surface area (Å²) in [5, 5.41) is 6.38. The van der Waals surface area contributed by atoms with Crippen LogP contribution in [0.25, 0.3) is 0 Å². The monoisotopic (exact) mass is 229 g/mol. The highest BCUT2D eigenvalue weighted by molar-refractivity contribution is 7.80. The lowest BCUT2D eigenvalue weighted by Gasteiger charge is -2.16. The maximum absolute atomic E-state index is 5.84. The first kappa shape index (κ1) is 11.9. The number of thiocarbonyl (C=S) groups is 1. The highest BCUT2D eigenvalue weighted by Gasteiger charge is 2.13. The van der Waals surface area contributed by atoms with Gasteiger partial charge in [0.05, 0.1) is 26.3 Å². The second-order valence-corrected chi connectivity index (χ2v) is 3.52. The largest absolute Gasteiger partial charge is 0.375 e. The summed E-state index contributed by atoms with van der Waals surface area (Å²) in [4.78, 5) is 0. The lowest BCUT2D eigenvalue weighted by molar-refractivity contribution is -0.551. The fraction of sp³-hybridized carbons (Fsp3) is 0.556. The van der Waals surface area contributed by atoms with Crippen LogP contribution in [0.4, 0.5) is 0 Å². The van der Waals surface area contributed by atoms with Gasteiger partial charge in [0.1, 0.15) is 0 Å². The quantitative estimate of drug-likeness (QED) is 0.245. The Balaban J connectivity index is 2.41. The molecule has 5 nitrogen and oxygen atoms in total. The maximum atomic E-state index is 5.84. The molecule has 0 spiro atoms. The molecule has 1 aliphatic heterocycles. The third-order valence-electron chi connectivity index (χ3n) is 2.00. The molecular formula is C9H17N4OS+. The van der Waals surface area contributed by atoms with Gasteiger partial charge in [-0.25, -0.2) is 5.32 Å². The summed E-state index contributed by atoms with van der Waals surface area (Å²) in [7, 11) is 0. The number of guanidine groups is 1. The topological polar surface area (TPSA) is 62.3 Å². The highest BCUT2D eigenvalue weighted by atomic mass is 32.1. The summed E-state index contributed by atoms with van der Waals surface area (Å²) >= 11 is 5.04. The van der Waals surface area contributed by atoms with Crippen molar-refractivity contribution < 1.29 is 9.31 Å². The van der Waals surface area contributed by atoms with E-state index in [0.717, 1.165) is 13.1 Å². The van der Waals surface area contributed by atoms with E-state index in [2.05, 4.69) is 17.2 Å². The summed E-state index contributed by atoms with van der Waals surface area (Å²) in [5.41, 5.74) is 5.84. The number of hydrogen-bond donors (Lipinski definition) is 3. The van der Waals surface area contributed by atoms with Gasteiger partial charge in [0.15, 0.2) is 0 Å². The van der Waals surface area contributed by atoms with E-state index in [4.69, 9.17) is 22.7 Å². The lowest BCUT2D eigenvalue weighted by atomic mass is 10.5. The minimum absolute atomic E-state index is 0.513. The van der Waals surface area contributed by atoms with Crippen LogP contribution in [0.5, 0.6) is 0 Å². The SMILES string of the molecule is C=CCNC(=S)NC(N)=[N+]1CCOCC1. The first-order chi connectivity index (χ1) is 7.24. The van der Waals surface area contributed by atoms with Gasteiger partial charge in [-0.15, -0.1) is 6.58 Å². The summed E-state index contributed by atoms with van der Waals surface area (Å²) in [6, 6.07) is 0. The van der Waals surface area contributed by atoms with E-state index < -0.39 is 0 Å². The van der Waals surface area contributed by atoms with Crippen molar-refractivity contribution in [1.82, 2.24) is 10.6 Å². The summed E-state index contributed by atoms with van der Waals surface area (Å²) in [6.07, 6.45) is 1.74. The average Bonchev–Trinajstić information content (AvgIpc) is 2.27. The molecule has 1 aliphatic rings. The van der Waals surface area contributed by atoms with E-state index in [1.165, 1.54) is 0 Å². The summed E-state index contributed by atoms with van der Waals surface area (Å²) < 4.78 is 7.23. The van der Waals surface area contributed by atoms with Gasteiger partial charge >= 0.3 is 5.96 Å². The Morgan fingerprint density at radius 1 is 1.53 bits per heavy atom. The molecule has 1 fully saturated rings. The molecule has 15 heavy (non-hydrogen) atoms. The minimum Gasteiger partial charge on any atom is -0.375 e. The van der Waals surface area contributed by atoms with Crippen molar-refractivity contribution >= 4 is 23.3 Å². The maximum Gasteiger partial charge on any atom is 0.350 e. The van der Waals surface area contributed by atoms with Gasteiger partial charge in [0, 0.05) is 6.54 Å². The summed E-state index contributed by atoms with van der Waals surface area (Å²) in [5.74, 6) is 0.569. The predicted molar refractivity (Wildman–Crippen MR) is 63.9 cm³/mol. The van der Waals surface area contributed by atoms with Gasteiger partial charge in [0.25, 0.3) is 0 Å². The van der Waals surface area contributed by atoms with Crippen molar-refractivity contribution in [3.8, 4) is 0 Å². The second-order valence-electron chi connectivity index (χ2n) is 3.11. The third kappa shape index (κ3) is 4.26. The highest BCUT2D eigenvalue weighted by Crippen LogP contribution is 1.88. The molecule has 0 aliphatic carbocycles. The number of nitrogens with one attached hydrogen (secondary N) is 2. The Bertz CT molecular complexity index is 269. The zero-order valence-electron chi connectivity index (χ0n) is 8.66. The average molecular weight is 229 g/mol. The number of morpholine rings is 1. The smallest absolute Gasteiger partial charge is 0.350 e. The van der Waals surface area contributed by atoms with Gasteiger partial charge in [-0.2, -0.15) is 0 Å². The zero-order chi connectivity index (χ0) is 11.1. The third-order valence-corrected chi connectivity index (χ3v) is 2.25. The molecule has 0 saturated carbocycles. The standard InChI is InChI=1S/C9H16N4OS/c1-2-3-11-9(15)12-8(10)13-4-6-14-7-5-13/h2H,1,3-7H2,(H3,10,11,12,15)/p+1. The molecule has 0 aromatic heterocycles. The van der Waals surface area contributed by atoms with E-state index in [9.17, 15) is 0 Å². The number of nitrogens with zero attached hydrogens (tertiary/aromatic N) is 1. The van der Waals surface area contributed by atoms with Crippen molar-refractivity contribution in [2.24, 2.45) is 5.73 Å². The van der Waals surface area contributed by atoms with Gasteiger partial charge in [-0.05, 0) is 12.2 Å². The normalized spacial score (nSPS) is 15.6. The number of hydrogen-bond acceptors (Lipinski definition) is 2. The van der Waals surface area contributed by atoms with Crippen LogP contribution in [0.1, 0.15) is 0 Å². The van der Waals surface area contributed by atoms with E-state index in [1.807, 2.05) is 4.58 Å². The Labute approximate surface area is 95.0 Å². The first-order valence-electron chi connectivity index (χ1n) is 4.85. The fourth-order valence-electron chi connectivity index (χ4n) is 1.21. The number of rotatable bonds is 2. The van der Waals surface area contributed by atoms with Crippen LogP contribution in [0.3, 0.4) is 0 Å². The molecule has 6 heteroatoms. The van der Waals surface area contributed by atoms with Crippen LogP contribution in [0.2, 0.25) is 0 Å².